The van der Waals surface area contributed by atoms with Crippen LogP contribution in [0.2, 0.25) is 6.04 Å². The number of aryl methyl sites for hydroxylation is 1. The largest absolute Gasteiger partial charge is 0.500 e. The van der Waals surface area contributed by atoms with Gasteiger partial charge >= 0.3 is 8.80 Å². The van der Waals surface area contributed by atoms with Crippen molar-refractivity contribution in [2.45, 2.75) is 25.4 Å². The Morgan fingerprint density at radius 1 is 1.11 bits per heavy atom. The van der Waals surface area contributed by atoms with Crippen LogP contribution in [0.3, 0.4) is 0 Å². The summed E-state index contributed by atoms with van der Waals surface area (Å²) < 4.78 is 16.2. The van der Waals surface area contributed by atoms with Gasteiger partial charge in [0.1, 0.15) is 0 Å². The zero-order valence-corrected chi connectivity index (χ0v) is 12.9. The third-order valence-electron chi connectivity index (χ3n) is 3.31. The summed E-state index contributed by atoms with van der Waals surface area (Å²) >= 11 is 0. The van der Waals surface area contributed by atoms with E-state index in [2.05, 4.69) is 6.07 Å². The van der Waals surface area contributed by atoms with Gasteiger partial charge in [0.25, 0.3) is 0 Å². The first-order valence-electron chi connectivity index (χ1n) is 6.33. The molecule has 0 aliphatic rings. The first-order valence-corrected chi connectivity index (χ1v) is 8.26. The third-order valence-corrected chi connectivity index (χ3v) is 6.14. The summed E-state index contributed by atoms with van der Waals surface area (Å²) in [4.78, 5) is 0. The van der Waals surface area contributed by atoms with E-state index < -0.39 is 8.80 Å². The Kier molecular flexibility index (Phi) is 6.46. The van der Waals surface area contributed by atoms with Crippen molar-refractivity contribution in [1.82, 2.24) is 0 Å². The van der Waals surface area contributed by atoms with E-state index in [1.807, 2.05) is 12.1 Å². The molecular weight excluding hydrogens is 260 g/mol. The molecule has 0 amide bonds. The highest BCUT2D eigenvalue weighted by atomic mass is 28.4. The average molecular weight is 284 g/mol. The van der Waals surface area contributed by atoms with Gasteiger partial charge in [0.15, 0.2) is 0 Å². The molecule has 0 radical (unpaired) electrons. The Morgan fingerprint density at radius 3 is 2.21 bits per heavy atom. The van der Waals surface area contributed by atoms with Crippen molar-refractivity contribution in [3.05, 3.63) is 29.3 Å². The summed E-state index contributed by atoms with van der Waals surface area (Å²) in [6.07, 6.45) is 1.85. The van der Waals surface area contributed by atoms with Crippen LogP contribution in [0.15, 0.2) is 18.2 Å². The lowest BCUT2D eigenvalue weighted by molar-refractivity contribution is 0.123. The standard InChI is InChI=1S/C13H24N2O3Si/c1-16-19(17-2,18-3)8-4-5-11-6-7-12(10-14)13(15)9-11/h6-7,9H,4-5,8,10,14-15H2,1-3H3. The maximum absolute atomic E-state index is 5.92. The molecule has 0 aromatic heterocycles. The summed E-state index contributed by atoms with van der Waals surface area (Å²) in [5, 5.41) is 0. The van der Waals surface area contributed by atoms with Crippen LogP contribution in [0, 0.1) is 0 Å². The molecule has 0 bridgehead atoms. The Bertz CT molecular complexity index is 389. The van der Waals surface area contributed by atoms with E-state index in [4.69, 9.17) is 24.7 Å². The van der Waals surface area contributed by atoms with E-state index in [1.54, 1.807) is 21.3 Å². The van der Waals surface area contributed by atoms with Gasteiger partial charge in [-0.15, -0.1) is 0 Å². The number of anilines is 1. The summed E-state index contributed by atoms with van der Waals surface area (Å²) in [5.41, 5.74) is 14.4. The maximum atomic E-state index is 5.92. The van der Waals surface area contributed by atoms with Gasteiger partial charge in [0.05, 0.1) is 0 Å². The lowest BCUT2D eigenvalue weighted by Gasteiger charge is -2.24. The van der Waals surface area contributed by atoms with Gasteiger partial charge in [0, 0.05) is 39.6 Å². The number of hydrogen-bond acceptors (Lipinski definition) is 5. The van der Waals surface area contributed by atoms with E-state index in [1.165, 1.54) is 5.56 Å². The minimum absolute atomic E-state index is 0.471. The smallest absolute Gasteiger partial charge is 0.398 e. The average Bonchev–Trinajstić information content (AvgIpc) is 2.44. The molecule has 0 spiro atoms. The van der Waals surface area contributed by atoms with Gasteiger partial charge in [-0.2, -0.15) is 0 Å². The molecule has 0 aliphatic carbocycles. The van der Waals surface area contributed by atoms with Crippen molar-refractivity contribution in [2.24, 2.45) is 5.73 Å². The SMILES string of the molecule is CO[Si](CCCc1ccc(CN)c(N)c1)(OC)OC. The summed E-state index contributed by atoms with van der Waals surface area (Å²) in [6.45, 7) is 0.471. The number of rotatable bonds is 8. The van der Waals surface area contributed by atoms with Crippen molar-refractivity contribution in [1.29, 1.82) is 0 Å². The number of benzene rings is 1. The number of nitrogen functional groups attached to an aromatic ring is 1. The van der Waals surface area contributed by atoms with E-state index in [0.717, 1.165) is 30.1 Å². The van der Waals surface area contributed by atoms with Gasteiger partial charge in [-0.05, 0) is 30.0 Å². The van der Waals surface area contributed by atoms with E-state index in [9.17, 15) is 0 Å². The van der Waals surface area contributed by atoms with Crippen LogP contribution >= 0.6 is 0 Å². The Balaban J connectivity index is 2.55. The zero-order valence-electron chi connectivity index (χ0n) is 11.9. The zero-order chi connectivity index (χ0) is 14.3. The van der Waals surface area contributed by atoms with Crippen LogP contribution < -0.4 is 11.5 Å². The minimum Gasteiger partial charge on any atom is -0.398 e. The third kappa shape index (κ3) is 4.29. The fourth-order valence-electron chi connectivity index (χ4n) is 2.05. The van der Waals surface area contributed by atoms with E-state index >= 15 is 0 Å². The summed E-state index contributed by atoms with van der Waals surface area (Å²) in [5.74, 6) is 0. The molecule has 0 saturated heterocycles. The van der Waals surface area contributed by atoms with E-state index in [0.29, 0.717) is 6.54 Å². The van der Waals surface area contributed by atoms with Crippen molar-refractivity contribution < 1.29 is 13.3 Å². The van der Waals surface area contributed by atoms with E-state index in [-0.39, 0.29) is 0 Å². The van der Waals surface area contributed by atoms with Crippen molar-refractivity contribution in [3.63, 3.8) is 0 Å². The van der Waals surface area contributed by atoms with Crippen LogP contribution in [-0.2, 0) is 26.2 Å². The van der Waals surface area contributed by atoms with Crippen LogP contribution in [0.25, 0.3) is 0 Å². The highest BCUT2D eigenvalue weighted by Gasteiger charge is 2.36. The lowest BCUT2D eigenvalue weighted by atomic mass is 10.1. The lowest BCUT2D eigenvalue weighted by Crippen LogP contribution is -2.42. The monoisotopic (exact) mass is 284 g/mol. The number of nitrogens with two attached hydrogens (primary N) is 2. The molecule has 4 N–H and O–H groups in total. The molecule has 0 atom stereocenters. The highest BCUT2D eigenvalue weighted by molar-refractivity contribution is 6.60. The normalized spacial score (nSPS) is 11.8. The van der Waals surface area contributed by atoms with Gasteiger partial charge in [-0.1, -0.05) is 12.1 Å². The second kappa shape index (κ2) is 7.61. The van der Waals surface area contributed by atoms with Crippen LogP contribution in [-0.4, -0.2) is 30.1 Å². The molecule has 0 fully saturated rings. The molecule has 1 aromatic carbocycles. The molecule has 108 valence electrons. The molecule has 1 rings (SSSR count). The van der Waals surface area contributed by atoms with Crippen molar-refractivity contribution >= 4 is 14.5 Å². The van der Waals surface area contributed by atoms with Gasteiger partial charge in [-0.25, -0.2) is 0 Å². The molecule has 19 heavy (non-hydrogen) atoms. The fraction of sp³-hybridized carbons (Fsp3) is 0.538. The molecule has 1 aromatic rings. The summed E-state index contributed by atoms with van der Waals surface area (Å²) in [6, 6.07) is 6.82. The van der Waals surface area contributed by atoms with Crippen molar-refractivity contribution in [2.75, 3.05) is 27.1 Å². The second-order valence-electron chi connectivity index (χ2n) is 4.39. The molecule has 0 unspecified atom stereocenters. The first kappa shape index (κ1) is 16.1. The molecule has 0 heterocycles. The maximum Gasteiger partial charge on any atom is 0.500 e. The van der Waals surface area contributed by atoms with Gasteiger partial charge in [-0.3, -0.25) is 0 Å². The first-order chi connectivity index (χ1) is 9.10. The Labute approximate surface area is 116 Å². The minimum atomic E-state index is -2.45. The van der Waals surface area contributed by atoms with Crippen LogP contribution in [0.1, 0.15) is 17.5 Å². The van der Waals surface area contributed by atoms with Crippen LogP contribution in [0.5, 0.6) is 0 Å². The van der Waals surface area contributed by atoms with Crippen molar-refractivity contribution in [3.8, 4) is 0 Å². The molecule has 6 heteroatoms. The molecule has 0 aliphatic heterocycles. The molecule has 5 nitrogen and oxygen atoms in total. The topological polar surface area (TPSA) is 79.7 Å². The second-order valence-corrected chi connectivity index (χ2v) is 7.48. The van der Waals surface area contributed by atoms with Gasteiger partial charge < -0.3 is 24.7 Å². The quantitative estimate of drug-likeness (QED) is 0.559. The predicted octanol–water partition coefficient (Wildman–Crippen LogP) is 1.54. The van der Waals surface area contributed by atoms with Gasteiger partial charge in [0.2, 0.25) is 0 Å². The summed E-state index contributed by atoms with van der Waals surface area (Å²) in [7, 11) is 2.44. The Morgan fingerprint density at radius 2 is 1.74 bits per heavy atom. The highest BCUT2D eigenvalue weighted by Crippen LogP contribution is 2.19. The Hall–Kier alpha value is -0.923. The fourth-order valence-corrected chi connectivity index (χ4v) is 3.77. The molecule has 0 saturated carbocycles. The number of hydrogen-bond donors (Lipinski definition) is 2. The predicted molar refractivity (Wildman–Crippen MR) is 78.7 cm³/mol. The van der Waals surface area contributed by atoms with Crippen LogP contribution in [0.4, 0.5) is 5.69 Å². The molecular formula is C13H24N2O3Si.